The molecule has 0 unspecified atom stereocenters. The average molecular weight is 418 g/mol. The minimum absolute atomic E-state index is 0.0198. The number of benzene rings is 2. The van der Waals surface area contributed by atoms with Crippen LogP contribution in [0.3, 0.4) is 0 Å². The number of amides is 2. The lowest BCUT2D eigenvalue weighted by Gasteiger charge is -2.25. The molecule has 3 aromatic rings. The van der Waals surface area contributed by atoms with Gasteiger partial charge in [-0.1, -0.05) is 42.5 Å². The number of hydrogen-bond donors (Lipinski definition) is 0. The SMILES string of the molecule is COc1cccc([C@H]2CN(C(=O)c3ccco3)C[C@H]2C(=O)N(C)Cc2ccccc2)c1. The molecule has 0 saturated carbocycles. The predicted molar refractivity (Wildman–Crippen MR) is 117 cm³/mol. The Morgan fingerprint density at radius 1 is 1.06 bits per heavy atom. The second-order valence-electron chi connectivity index (χ2n) is 7.86. The van der Waals surface area contributed by atoms with Gasteiger partial charge in [0.1, 0.15) is 5.75 Å². The van der Waals surface area contributed by atoms with Crippen LogP contribution in [0.2, 0.25) is 0 Å². The van der Waals surface area contributed by atoms with Crippen LogP contribution in [0.5, 0.6) is 5.75 Å². The van der Waals surface area contributed by atoms with Crippen molar-refractivity contribution in [2.75, 3.05) is 27.2 Å². The molecule has 2 amide bonds. The third-order valence-corrected chi connectivity index (χ3v) is 5.82. The summed E-state index contributed by atoms with van der Waals surface area (Å²) in [5.74, 6) is 0.372. The Morgan fingerprint density at radius 2 is 1.87 bits per heavy atom. The summed E-state index contributed by atoms with van der Waals surface area (Å²) in [5, 5.41) is 0. The van der Waals surface area contributed by atoms with Crippen molar-refractivity contribution < 1.29 is 18.7 Å². The molecule has 0 N–H and O–H groups in total. The largest absolute Gasteiger partial charge is 0.497 e. The van der Waals surface area contributed by atoms with Crippen LogP contribution in [0.1, 0.15) is 27.6 Å². The average Bonchev–Trinajstić information content (AvgIpc) is 3.49. The highest BCUT2D eigenvalue weighted by atomic mass is 16.5. The van der Waals surface area contributed by atoms with E-state index in [0.29, 0.717) is 19.6 Å². The Kier molecular flexibility index (Phi) is 6.07. The van der Waals surface area contributed by atoms with Crippen LogP contribution in [0.15, 0.2) is 77.4 Å². The third kappa shape index (κ3) is 4.48. The van der Waals surface area contributed by atoms with Crippen molar-refractivity contribution in [1.82, 2.24) is 9.80 Å². The van der Waals surface area contributed by atoms with Gasteiger partial charge in [-0.2, -0.15) is 0 Å². The summed E-state index contributed by atoms with van der Waals surface area (Å²) in [6.07, 6.45) is 1.49. The monoisotopic (exact) mass is 418 g/mol. The summed E-state index contributed by atoms with van der Waals surface area (Å²) in [6, 6.07) is 21.0. The molecule has 2 aromatic carbocycles. The van der Waals surface area contributed by atoms with Crippen LogP contribution in [0.4, 0.5) is 0 Å². The van der Waals surface area contributed by atoms with Crippen LogP contribution in [-0.2, 0) is 11.3 Å². The summed E-state index contributed by atoms with van der Waals surface area (Å²) in [7, 11) is 3.44. The lowest BCUT2D eigenvalue weighted by molar-refractivity contribution is -0.134. The zero-order valence-electron chi connectivity index (χ0n) is 17.7. The molecule has 1 fully saturated rings. The fourth-order valence-electron chi connectivity index (χ4n) is 4.20. The van der Waals surface area contributed by atoms with E-state index in [1.54, 1.807) is 29.0 Å². The predicted octanol–water partition coefficient (Wildman–Crippen LogP) is 3.80. The van der Waals surface area contributed by atoms with Gasteiger partial charge in [-0.3, -0.25) is 9.59 Å². The minimum Gasteiger partial charge on any atom is -0.497 e. The molecule has 6 nitrogen and oxygen atoms in total. The van der Waals surface area contributed by atoms with Crippen molar-refractivity contribution in [3.8, 4) is 5.75 Å². The molecule has 2 atom stereocenters. The van der Waals surface area contributed by atoms with Gasteiger partial charge in [0, 0.05) is 32.6 Å². The molecule has 1 aliphatic rings. The van der Waals surface area contributed by atoms with Crippen molar-refractivity contribution in [2.45, 2.75) is 12.5 Å². The molecule has 2 heterocycles. The van der Waals surface area contributed by atoms with Gasteiger partial charge >= 0.3 is 0 Å². The van der Waals surface area contributed by atoms with Crippen LogP contribution < -0.4 is 4.74 Å². The molecular weight excluding hydrogens is 392 g/mol. The first kappa shape index (κ1) is 20.7. The van der Waals surface area contributed by atoms with Crippen LogP contribution in [0, 0.1) is 5.92 Å². The quantitative estimate of drug-likeness (QED) is 0.611. The number of nitrogens with zero attached hydrogens (tertiary/aromatic N) is 2. The standard InChI is InChI=1S/C25H26N2O4/c1-26(15-18-8-4-3-5-9-18)24(28)22-17-27(25(29)23-12-7-13-31-23)16-21(22)19-10-6-11-20(14-19)30-2/h3-14,21-22H,15-17H2,1-2H3/t21-,22-/m1/s1. The van der Waals surface area contributed by atoms with E-state index in [1.807, 2.05) is 61.6 Å². The van der Waals surface area contributed by atoms with Crippen LogP contribution in [0.25, 0.3) is 0 Å². The van der Waals surface area contributed by atoms with Crippen LogP contribution in [-0.4, -0.2) is 48.9 Å². The number of likely N-dealkylation sites (tertiary alicyclic amines) is 1. The van der Waals surface area contributed by atoms with E-state index >= 15 is 0 Å². The topological polar surface area (TPSA) is 63.0 Å². The molecule has 1 aromatic heterocycles. The number of rotatable bonds is 6. The highest BCUT2D eigenvalue weighted by Gasteiger charge is 2.42. The van der Waals surface area contributed by atoms with Gasteiger partial charge in [0.25, 0.3) is 5.91 Å². The first-order chi connectivity index (χ1) is 15.1. The first-order valence-electron chi connectivity index (χ1n) is 10.3. The molecule has 4 rings (SSSR count). The molecule has 0 bridgehead atoms. The Balaban J connectivity index is 1.59. The Morgan fingerprint density at radius 3 is 2.58 bits per heavy atom. The van der Waals surface area contributed by atoms with Crippen LogP contribution >= 0.6 is 0 Å². The molecular formula is C25H26N2O4. The van der Waals surface area contributed by atoms with E-state index in [2.05, 4.69) is 0 Å². The number of ether oxygens (including phenoxy) is 1. The van der Waals surface area contributed by atoms with Gasteiger partial charge in [0.2, 0.25) is 5.91 Å². The first-order valence-corrected chi connectivity index (χ1v) is 10.3. The van der Waals surface area contributed by atoms with E-state index in [0.717, 1.165) is 16.9 Å². The lowest BCUT2D eigenvalue weighted by atomic mass is 9.88. The third-order valence-electron chi connectivity index (χ3n) is 5.82. The van der Waals surface area contributed by atoms with Crippen molar-refractivity contribution in [1.29, 1.82) is 0 Å². The summed E-state index contributed by atoms with van der Waals surface area (Å²) in [5.41, 5.74) is 2.05. The van der Waals surface area contributed by atoms with Gasteiger partial charge in [0.15, 0.2) is 5.76 Å². The molecule has 6 heteroatoms. The summed E-state index contributed by atoms with van der Waals surface area (Å²) in [6.45, 7) is 1.31. The summed E-state index contributed by atoms with van der Waals surface area (Å²) < 4.78 is 10.7. The number of furan rings is 1. The van der Waals surface area contributed by atoms with Gasteiger partial charge in [-0.25, -0.2) is 0 Å². The zero-order chi connectivity index (χ0) is 21.8. The second kappa shape index (κ2) is 9.08. The summed E-state index contributed by atoms with van der Waals surface area (Å²) >= 11 is 0. The summed E-state index contributed by atoms with van der Waals surface area (Å²) in [4.78, 5) is 29.8. The zero-order valence-corrected chi connectivity index (χ0v) is 17.7. The fourth-order valence-corrected chi connectivity index (χ4v) is 4.20. The number of carbonyl (C=O) groups is 2. The number of methoxy groups -OCH3 is 1. The number of hydrogen-bond acceptors (Lipinski definition) is 4. The van der Waals surface area contributed by atoms with Crippen molar-refractivity contribution in [2.24, 2.45) is 5.92 Å². The maximum Gasteiger partial charge on any atom is 0.289 e. The molecule has 0 aliphatic carbocycles. The molecule has 0 radical (unpaired) electrons. The molecule has 0 spiro atoms. The fraction of sp³-hybridized carbons (Fsp3) is 0.280. The number of carbonyl (C=O) groups excluding carboxylic acids is 2. The Labute approximate surface area is 182 Å². The van der Waals surface area contributed by atoms with Gasteiger partial charge in [0.05, 0.1) is 19.3 Å². The lowest BCUT2D eigenvalue weighted by Crippen LogP contribution is -2.36. The van der Waals surface area contributed by atoms with E-state index in [4.69, 9.17) is 9.15 Å². The van der Waals surface area contributed by atoms with Crippen molar-refractivity contribution >= 4 is 11.8 Å². The van der Waals surface area contributed by atoms with E-state index in [9.17, 15) is 9.59 Å². The maximum absolute atomic E-state index is 13.5. The van der Waals surface area contributed by atoms with E-state index in [-0.39, 0.29) is 29.4 Å². The molecule has 160 valence electrons. The smallest absolute Gasteiger partial charge is 0.289 e. The second-order valence-corrected chi connectivity index (χ2v) is 7.86. The maximum atomic E-state index is 13.5. The van der Waals surface area contributed by atoms with Crippen molar-refractivity contribution in [3.63, 3.8) is 0 Å². The Hall–Kier alpha value is -3.54. The normalized spacial score (nSPS) is 18.1. The molecule has 31 heavy (non-hydrogen) atoms. The van der Waals surface area contributed by atoms with Gasteiger partial charge < -0.3 is 19.0 Å². The molecule has 1 saturated heterocycles. The minimum atomic E-state index is -0.347. The van der Waals surface area contributed by atoms with Gasteiger partial charge in [-0.15, -0.1) is 0 Å². The van der Waals surface area contributed by atoms with E-state index in [1.165, 1.54) is 6.26 Å². The van der Waals surface area contributed by atoms with Crippen molar-refractivity contribution in [3.05, 3.63) is 89.9 Å². The van der Waals surface area contributed by atoms with E-state index < -0.39 is 0 Å². The van der Waals surface area contributed by atoms with Gasteiger partial charge in [-0.05, 0) is 35.4 Å². The highest BCUT2D eigenvalue weighted by Crippen LogP contribution is 2.36. The molecule has 1 aliphatic heterocycles. The highest BCUT2D eigenvalue weighted by molar-refractivity contribution is 5.92. The Bertz CT molecular complexity index is 1030.